The first-order chi connectivity index (χ1) is 13.0. The van der Waals surface area contributed by atoms with Gasteiger partial charge in [-0.3, -0.25) is 14.5 Å². The highest BCUT2D eigenvalue weighted by Gasteiger charge is 2.29. The van der Waals surface area contributed by atoms with Gasteiger partial charge in [-0.1, -0.05) is 19.3 Å². The molecular formula is C22H40N4O. The second kappa shape index (κ2) is 9.53. The summed E-state index contributed by atoms with van der Waals surface area (Å²) in [6.45, 7) is 14.6. The second-order valence-electron chi connectivity index (χ2n) is 9.09. The van der Waals surface area contributed by atoms with Crippen LogP contribution in [0.3, 0.4) is 0 Å². The first kappa shape index (κ1) is 20.8. The Morgan fingerprint density at radius 2 is 1.85 bits per heavy atom. The van der Waals surface area contributed by atoms with Gasteiger partial charge in [0.15, 0.2) is 0 Å². The average Bonchev–Trinajstić information content (AvgIpc) is 2.93. The fourth-order valence-corrected chi connectivity index (χ4v) is 5.12. The van der Waals surface area contributed by atoms with Gasteiger partial charge < -0.3 is 5.11 Å². The summed E-state index contributed by atoms with van der Waals surface area (Å²) in [4.78, 5) is 5.26. The highest BCUT2D eigenvalue weighted by Crippen LogP contribution is 2.27. The molecule has 1 aliphatic carbocycles. The van der Waals surface area contributed by atoms with Crippen LogP contribution in [0.25, 0.3) is 0 Å². The predicted octanol–water partition coefficient (Wildman–Crippen LogP) is 3.53. The van der Waals surface area contributed by atoms with E-state index in [2.05, 4.69) is 42.2 Å². The maximum atomic E-state index is 9.61. The van der Waals surface area contributed by atoms with Crippen molar-refractivity contribution < 1.29 is 5.11 Å². The number of piperazine rings is 1. The predicted molar refractivity (Wildman–Crippen MR) is 111 cm³/mol. The lowest BCUT2D eigenvalue weighted by Gasteiger charge is -2.43. The van der Waals surface area contributed by atoms with Crippen molar-refractivity contribution in [3.05, 3.63) is 17.0 Å². The molecule has 1 aliphatic heterocycles. The van der Waals surface area contributed by atoms with E-state index in [0.717, 1.165) is 38.5 Å². The zero-order valence-electron chi connectivity index (χ0n) is 18.0. The molecule has 1 aromatic heterocycles. The molecule has 0 aromatic carbocycles. The van der Waals surface area contributed by atoms with E-state index in [1.54, 1.807) is 0 Å². The van der Waals surface area contributed by atoms with Crippen molar-refractivity contribution in [2.45, 2.75) is 84.8 Å². The topological polar surface area (TPSA) is 44.5 Å². The minimum atomic E-state index is 0.295. The Morgan fingerprint density at radius 1 is 1.11 bits per heavy atom. The molecule has 1 saturated carbocycles. The van der Waals surface area contributed by atoms with Gasteiger partial charge in [-0.2, -0.15) is 5.10 Å². The van der Waals surface area contributed by atoms with Crippen molar-refractivity contribution in [2.75, 3.05) is 32.8 Å². The molecule has 1 unspecified atom stereocenters. The van der Waals surface area contributed by atoms with Crippen LogP contribution >= 0.6 is 0 Å². The van der Waals surface area contributed by atoms with Gasteiger partial charge in [0.05, 0.1) is 5.69 Å². The van der Waals surface area contributed by atoms with Gasteiger partial charge in [0.1, 0.15) is 0 Å². The first-order valence-corrected chi connectivity index (χ1v) is 11.1. The van der Waals surface area contributed by atoms with E-state index in [1.165, 1.54) is 55.6 Å². The minimum Gasteiger partial charge on any atom is -0.396 e. The Labute approximate surface area is 165 Å². The Morgan fingerprint density at radius 3 is 2.48 bits per heavy atom. The molecule has 0 bridgehead atoms. The van der Waals surface area contributed by atoms with Gasteiger partial charge in [-0.25, -0.2) is 0 Å². The normalized spacial score (nSPS) is 23.4. The van der Waals surface area contributed by atoms with E-state index in [1.807, 2.05) is 0 Å². The second-order valence-corrected chi connectivity index (χ2v) is 9.09. The van der Waals surface area contributed by atoms with Crippen molar-refractivity contribution in [3.63, 3.8) is 0 Å². The van der Waals surface area contributed by atoms with Crippen LogP contribution in [0.5, 0.6) is 0 Å². The largest absolute Gasteiger partial charge is 0.396 e. The number of rotatable bonds is 7. The zero-order chi connectivity index (χ0) is 19.4. The number of nitrogens with zero attached hydrogens (tertiary/aromatic N) is 4. The molecule has 1 saturated heterocycles. The molecule has 27 heavy (non-hydrogen) atoms. The summed E-state index contributed by atoms with van der Waals surface area (Å²) >= 11 is 0. The summed E-state index contributed by atoms with van der Waals surface area (Å²) < 4.78 is 2.16. The quantitative estimate of drug-likeness (QED) is 0.791. The van der Waals surface area contributed by atoms with Crippen LogP contribution in [0.4, 0.5) is 0 Å². The van der Waals surface area contributed by atoms with Gasteiger partial charge in [-0.15, -0.1) is 0 Å². The minimum absolute atomic E-state index is 0.295. The number of aromatic nitrogens is 2. The van der Waals surface area contributed by atoms with Crippen molar-refractivity contribution in [1.29, 1.82) is 0 Å². The van der Waals surface area contributed by atoms with Crippen molar-refractivity contribution in [1.82, 2.24) is 19.6 Å². The van der Waals surface area contributed by atoms with E-state index >= 15 is 0 Å². The summed E-state index contributed by atoms with van der Waals surface area (Å²) in [7, 11) is 0. The van der Waals surface area contributed by atoms with E-state index in [9.17, 15) is 5.11 Å². The zero-order valence-corrected chi connectivity index (χ0v) is 18.0. The summed E-state index contributed by atoms with van der Waals surface area (Å²) in [5.41, 5.74) is 3.88. The van der Waals surface area contributed by atoms with Crippen LogP contribution in [-0.4, -0.2) is 63.5 Å². The van der Waals surface area contributed by atoms with Crippen molar-refractivity contribution in [3.8, 4) is 0 Å². The van der Waals surface area contributed by atoms with E-state index in [4.69, 9.17) is 5.10 Å². The maximum Gasteiger partial charge on any atom is 0.0641 e. The molecular weight excluding hydrogens is 336 g/mol. The third-order valence-electron chi connectivity index (χ3n) is 6.71. The summed E-state index contributed by atoms with van der Waals surface area (Å²) in [5, 5.41) is 14.4. The van der Waals surface area contributed by atoms with Gasteiger partial charge in [-0.05, 0) is 52.9 Å². The standard InChI is InChI=1S/C22H40N4O/c1-17(2)26-19(4)22(18(3)23-26)16-24-11-12-25(21(15-24)10-13-27)14-20-8-6-5-7-9-20/h17,20-21,27H,5-16H2,1-4H3. The lowest BCUT2D eigenvalue weighted by atomic mass is 9.88. The monoisotopic (exact) mass is 376 g/mol. The Hall–Kier alpha value is -0.910. The first-order valence-electron chi connectivity index (χ1n) is 11.1. The third kappa shape index (κ3) is 5.12. The van der Waals surface area contributed by atoms with Crippen molar-refractivity contribution in [2.24, 2.45) is 5.92 Å². The number of hydrogen-bond donors (Lipinski definition) is 1. The Balaban J connectivity index is 1.62. The van der Waals surface area contributed by atoms with Crippen LogP contribution in [0.2, 0.25) is 0 Å². The van der Waals surface area contributed by atoms with Crippen LogP contribution in [0.1, 0.15) is 75.4 Å². The summed E-state index contributed by atoms with van der Waals surface area (Å²) in [6, 6.07) is 0.901. The fraction of sp³-hybridized carbons (Fsp3) is 0.864. The van der Waals surface area contributed by atoms with Gasteiger partial charge >= 0.3 is 0 Å². The molecule has 5 nitrogen and oxygen atoms in total. The van der Waals surface area contributed by atoms with Crippen LogP contribution in [0, 0.1) is 19.8 Å². The molecule has 0 amide bonds. The average molecular weight is 377 g/mol. The maximum absolute atomic E-state index is 9.61. The summed E-state index contributed by atoms with van der Waals surface area (Å²) in [5.74, 6) is 0.875. The molecule has 3 rings (SSSR count). The Kier molecular flexibility index (Phi) is 7.35. The van der Waals surface area contributed by atoms with E-state index in [-0.39, 0.29) is 0 Å². The molecule has 154 valence electrons. The molecule has 2 heterocycles. The van der Waals surface area contributed by atoms with Crippen LogP contribution < -0.4 is 0 Å². The van der Waals surface area contributed by atoms with Gasteiger partial charge in [0.25, 0.3) is 0 Å². The molecule has 2 aliphatic rings. The summed E-state index contributed by atoms with van der Waals surface area (Å²) in [6.07, 6.45) is 7.94. The fourth-order valence-electron chi connectivity index (χ4n) is 5.12. The molecule has 0 spiro atoms. The third-order valence-corrected chi connectivity index (χ3v) is 6.71. The van der Waals surface area contributed by atoms with Gasteiger partial charge in [0, 0.05) is 62.7 Å². The molecule has 0 radical (unpaired) electrons. The molecule has 1 aromatic rings. The number of aryl methyl sites for hydroxylation is 1. The molecule has 1 N–H and O–H groups in total. The van der Waals surface area contributed by atoms with Crippen LogP contribution in [-0.2, 0) is 6.54 Å². The Bertz CT molecular complexity index is 591. The SMILES string of the molecule is Cc1nn(C(C)C)c(C)c1CN1CCN(CC2CCCCC2)C(CCO)C1. The van der Waals surface area contributed by atoms with Crippen molar-refractivity contribution >= 4 is 0 Å². The number of aliphatic hydroxyl groups is 1. The lowest BCUT2D eigenvalue weighted by molar-refractivity contribution is 0.0399. The lowest BCUT2D eigenvalue weighted by Crippen LogP contribution is -2.54. The van der Waals surface area contributed by atoms with E-state index < -0.39 is 0 Å². The highest BCUT2D eigenvalue weighted by molar-refractivity contribution is 5.25. The molecule has 1 atom stereocenters. The van der Waals surface area contributed by atoms with E-state index in [0.29, 0.717) is 18.7 Å². The highest BCUT2D eigenvalue weighted by atomic mass is 16.3. The number of aliphatic hydroxyl groups excluding tert-OH is 1. The number of hydrogen-bond acceptors (Lipinski definition) is 4. The molecule has 2 fully saturated rings. The van der Waals surface area contributed by atoms with Crippen LogP contribution in [0.15, 0.2) is 0 Å². The molecule has 5 heteroatoms. The van der Waals surface area contributed by atoms with Gasteiger partial charge in [0.2, 0.25) is 0 Å². The smallest absolute Gasteiger partial charge is 0.0641 e.